The molecule has 2 rings (SSSR count). The summed E-state index contributed by atoms with van der Waals surface area (Å²) in [5.41, 5.74) is 1.80. The monoisotopic (exact) mass is 358 g/mol. The Morgan fingerprint density at radius 1 is 0.962 bits per heavy atom. The molecule has 6 heteroatoms. The van der Waals surface area contributed by atoms with Gasteiger partial charge in [0.2, 0.25) is 5.91 Å². The van der Waals surface area contributed by atoms with Crippen molar-refractivity contribution in [1.82, 2.24) is 4.90 Å². The Hall–Kier alpha value is -2.73. The summed E-state index contributed by atoms with van der Waals surface area (Å²) in [6, 6.07) is 13.2. The Balaban J connectivity index is 1.86. The zero-order valence-electron chi connectivity index (χ0n) is 15.7. The molecule has 0 atom stereocenters. The Labute approximate surface area is 154 Å². The highest BCUT2D eigenvalue weighted by Crippen LogP contribution is 2.27. The van der Waals surface area contributed by atoms with Gasteiger partial charge in [-0.25, -0.2) is 0 Å². The van der Waals surface area contributed by atoms with Crippen molar-refractivity contribution >= 4 is 11.6 Å². The molecule has 0 heterocycles. The fourth-order valence-corrected chi connectivity index (χ4v) is 2.62. The molecule has 26 heavy (non-hydrogen) atoms. The first-order chi connectivity index (χ1) is 12.6. The molecule has 0 unspecified atom stereocenters. The van der Waals surface area contributed by atoms with Crippen LogP contribution in [0, 0.1) is 0 Å². The quantitative estimate of drug-likeness (QED) is 0.747. The number of rotatable bonds is 9. The van der Waals surface area contributed by atoms with Crippen LogP contribution in [-0.4, -0.2) is 52.3 Å². The summed E-state index contributed by atoms with van der Waals surface area (Å²) < 4.78 is 15.8. The van der Waals surface area contributed by atoms with Gasteiger partial charge in [-0.3, -0.25) is 9.69 Å². The van der Waals surface area contributed by atoms with Crippen molar-refractivity contribution < 1.29 is 19.0 Å². The summed E-state index contributed by atoms with van der Waals surface area (Å²) in [7, 11) is 6.74. The number of amides is 1. The number of nitrogens with zero attached hydrogens (tertiary/aromatic N) is 1. The van der Waals surface area contributed by atoms with Gasteiger partial charge in [0.25, 0.3) is 0 Å². The first-order valence-electron chi connectivity index (χ1n) is 8.39. The summed E-state index contributed by atoms with van der Waals surface area (Å²) in [4.78, 5) is 14.2. The zero-order valence-corrected chi connectivity index (χ0v) is 15.7. The van der Waals surface area contributed by atoms with Gasteiger partial charge >= 0.3 is 0 Å². The summed E-state index contributed by atoms with van der Waals surface area (Å²) in [5.74, 6) is 1.99. The molecule has 0 saturated heterocycles. The van der Waals surface area contributed by atoms with Crippen LogP contribution in [0.4, 0.5) is 5.69 Å². The maximum absolute atomic E-state index is 12.2. The maximum Gasteiger partial charge on any atom is 0.238 e. The molecule has 0 aliphatic rings. The molecule has 2 aromatic rings. The third-order valence-corrected chi connectivity index (χ3v) is 4.02. The van der Waals surface area contributed by atoms with Gasteiger partial charge in [0.05, 0.1) is 33.6 Å². The van der Waals surface area contributed by atoms with E-state index in [-0.39, 0.29) is 5.91 Å². The van der Waals surface area contributed by atoms with Gasteiger partial charge in [-0.1, -0.05) is 18.2 Å². The predicted molar refractivity (Wildman–Crippen MR) is 102 cm³/mol. The SMILES string of the molecule is COc1ccccc1NC(=O)CN(C)CCc1ccc(OC)c(OC)c1. The van der Waals surface area contributed by atoms with Gasteiger partial charge in [-0.15, -0.1) is 0 Å². The minimum absolute atomic E-state index is 0.0793. The molecule has 2 aromatic carbocycles. The van der Waals surface area contributed by atoms with Crippen LogP contribution in [0.25, 0.3) is 0 Å². The van der Waals surface area contributed by atoms with Gasteiger partial charge in [0, 0.05) is 6.54 Å². The van der Waals surface area contributed by atoms with Crippen molar-refractivity contribution in [3.63, 3.8) is 0 Å². The van der Waals surface area contributed by atoms with Crippen LogP contribution in [0.15, 0.2) is 42.5 Å². The molecule has 0 aliphatic carbocycles. The fraction of sp³-hybridized carbons (Fsp3) is 0.350. The molecule has 0 radical (unpaired) electrons. The number of para-hydroxylation sites is 2. The average molecular weight is 358 g/mol. The van der Waals surface area contributed by atoms with E-state index in [2.05, 4.69) is 5.32 Å². The molecule has 6 nitrogen and oxygen atoms in total. The highest BCUT2D eigenvalue weighted by Gasteiger charge is 2.10. The predicted octanol–water partition coefficient (Wildman–Crippen LogP) is 2.83. The lowest BCUT2D eigenvalue weighted by Gasteiger charge is -2.17. The summed E-state index contributed by atoms with van der Waals surface area (Å²) >= 11 is 0. The zero-order chi connectivity index (χ0) is 18.9. The van der Waals surface area contributed by atoms with E-state index in [9.17, 15) is 4.79 Å². The van der Waals surface area contributed by atoms with Gasteiger partial charge < -0.3 is 19.5 Å². The van der Waals surface area contributed by atoms with E-state index < -0.39 is 0 Å². The van der Waals surface area contributed by atoms with Crippen molar-refractivity contribution in [3.8, 4) is 17.2 Å². The number of carbonyl (C=O) groups excluding carboxylic acids is 1. The molecule has 140 valence electrons. The van der Waals surface area contributed by atoms with E-state index in [4.69, 9.17) is 14.2 Å². The summed E-state index contributed by atoms with van der Waals surface area (Å²) in [5, 5.41) is 2.88. The van der Waals surface area contributed by atoms with Crippen LogP contribution in [0.1, 0.15) is 5.56 Å². The van der Waals surface area contributed by atoms with Crippen LogP contribution >= 0.6 is 0 Å². The number of hydrogen-bond acceptors (Lipinski definition) is 5. The molecule has 0 aliphatic heterocycles. The molecular formula is C20H26N2O4. The maximum atomic E-state index is 12.2. The fourth-order valence-electron chi connectivity index (χ4n) is 2.62. The van der Waals surface area contributed by atoms with Crippen LogP contribution in [-0.2, 0) is 11.2 Å². The highest BCUT2D eigenvalue weighted by atomic mass is 16.5. The largest absolute Gasteiger partial charge is 0.495 e. The smallest absolute Gasteiger partial charge is 0.238 e. The second-order valence-corrected chi connectivity index (χ2v) is 5.93. The number of benzene rings is 2. The van der Waals surface area contributed by atoms with Gasteiger partial charge in [0.1, 0.15) is 5.75 Å². The normalized spacial score (nSPS) is 10.5. The van der Waals surface area contributed by atoms with Crippen molar-refractivity contribution in [2.75, 3.05) is 46.8 Å². The number of anilines is 1. The van der Waals surface area contributed by atoms with E-state index >= 15 is 0 Å². The van der Waals surface area contributed by atoms with Gasteiger partial charge in [-0.2, -0.15) is 0 Å². The van der Waals surface area contributed by atoms with Crippen LogP contribution in [0.5, 0.6) is 17.2 Å². The lowest BCUT2D eigenvalue weighted by molar-refractivity contribution is -0.117. The second kappa shape index (κ2) is 9.68. The highest BCUT2D eigenvalue weighted by molar-refractivity contribution is 5.93. The molecule has 0 spiro atoms. The van der Waals surface area contributed by atoms with Crippen molar-refractivity contribution in [2.45, 2.75) is 6.42 Å². The molecule has 0 bridgehead atoms. The van der Waals surface area contributed by atoms with E-state index in [1.807, 2.05) is 54.4 Å². The molecule has 1 N–H and O–H groups in total. The molecule has 0 aromatic heterocycles. The first kappa shape index (κ1) is 19.6. The third-order valence-electron chi connectivity index (χ3n) is 4.02. The Kier molecular flexibility index (Phi) is 7.29. The minimum Gasteiger partial charge on any atom is -0.495 e. The topological polar surface area (TPSA) is 60.0 Å². The number of ether oxygens (including phenoxy) is 3. The second-order valence-electron chi connectivity index (χ2n) is 5.93. The molecule has 0 fully saturated rings. The molecule has 1 amide bonds. The van der Waals surface area contributed by atoms with Crippen molar-refractivity contribution in [1.29, 1.82) is 0 Å². The Bertz CT molecular complexity index is 734. The number of carbonyl (C=O) groups is 1. The summed E-state index contributed by atoms with van der Waals surface area (Å²) in [6.07, 6.45) is 0.804. The standard InChI is InChI=1S/C20H26N2O4/c1-22(12-11-15-9-10-18(25-3)19(13-15)26-4)14-20(23)21-16-7-5-6-8-17(16)24-2/h5-10,13H,11-12,14H2,1-4H3,(H,21,23). The van der Waals surface area contributed by atoms with Gasteiger partial charge in [0.15, 0.2) is 11.5 Å². The Morgan fingerprint density at radius 2 is 1.65 bits per heavy atom. The van der Waals surface area contributed by atoms with Crippen LogP contribution in [0.3, 0.4) is 0 Å². The lowest BCUT2D eigenvalue weighted by Crippen LogP contribution is -2.31. The lowest BCUT2D eigenvalue weighted by atomic mass is 10.1. The third kappa shape index (κ3) is 5.39. The van der Waals surface area contributed by atoms with Crippen LogP contribution in [0.2, 0.25) is 0 Å². The van der Waals surface area contributed by atoms with E-state index in [1.165, 1.54) is 0 Å². The Morgan fingerprint density at radius 3 is 2.35 bits per heavy atom. The van der Waals surface area contributed by atoms with E-state index in [0.29, 0.717) is 29.5 Å². The summed E-state index contributed by atoms with van der Waals surface area (Å²) in [6.45, 7) is 1.04. The van der Waals surface area contributed by atoms with E-state index in [0.717, 1.165) is 18.5 Å². The minimum atomic E-state index is -0.0793. The average Bonchev–Trinajstić information content (AvgIpc) is 2.66. The van der Waals surface area contributed by atoms with Crippen molar-refractivity contribution in [3.05, 3.63) is 48.0 Å². The number of hydrogen-bond donors (Lipinski definition) is 1. The number of methoxy groups -OCH3 is 3. The number of likely N-dealkylation sites (N-methyl/N-ethyl adjacent to an activating group) is 1. The molecule has 0 saturated carbocycles. The number of nitrogens with one attached hydrogen (secondary N) is 1. The van der Waals surface area contributed by atoms with Gasteiger partial charge in [-0.05, 0) is 43.3 Å². The van der Waals surface area contributed by atoms with E-state index in [1.54, 1.807) is 21.3 Å². The first-order valence-corrected chi connectivity index (χ1v) is 8.39. The van der Waals surface area contributed by atoms with Crippen LogP contribution < -0.4 is 19.5 Å². The van der Waals surface area contributed by atoms with Crippen molar-refractivity contribution in [2.24, 2.45) is 0 Å². The molecular weight excluding hydrogens is 332 g/mol.